The second kappa shape index (κ2) is 11.7. The number of carboxylic acids is 1. The largest absolute Gasteiger partial charge is 0.494 e. The third-order valence-corrected chi connectivity index (χ3v) is 7.33. The molecule has 2 aromatic rings. The van der Waals surface area contributed by atoms with Gasteiger partial charge in [-0.15, -0.1) is 0 Å². The van der Waals surface area contributed by atoms with E-state index in [-0.39, 0.29) is 17.5 Å². The fourth-order valence-electron chi connectivity index (χ4n) is 4.95. The van der Waals surface area contributed by atoms with Gasteiger partial charge in [0.15, 0.2) is 0 Å². The summed E-state index contributed by atoms with van der Waals surface area (Å²) in [5, 5.41) is 12.3. The van der Waals surface area contributed by atoms with Crippen LogP contribution in [0.1, 0.15) is 66.6 Å². The van der Waals surface area contributed by atoms with Gasteiger partial charge in [0.2, 0.25) is 5.91 Å². The van der Waals surface area contributed by atoms with Gasteiger partial charge in [0.05, 0.1) is 23.6 Å². The highest BCUT2D eigenvalue weighted by atomic mass is 16.5. The number of hydrogen-bond acceptors (Lipinski definition) is 5. The Balaban J connectivity index is 1.41. The van der Waals surface area contributed by atoms with Crippen LogP contribution in [0.3, 0.4) is 0 Å². The van der Waals surface area contributed by atoms with Crippen molar-refractivity contribution in [3.63, 3.8) is 0 Å². The summed E-state index contributed by atoms with van der Waals surface area (Å²) in [6, 6.07) is 14.3. The zero-order valence-corrected chi connectivity index (χ0v) is 20.3. The minimum Gasteiger partial charge on any atom is -0.494 e. The Morgan fingerprint density at radius 3 is 2.26 bits per heavy atom. The van der Waals surface area contributed by atoms with E-state index in [1.54, 1.807) is 24.3 Å². The van der Waals surface area contributed by atoms with Gasteiger partial charge in [0.1, 0.15) is 5.75 Å². The maximum Gasteiger partial charge on any atom is 0.335 e. The van der Waals surface area contributed by atoms with Gasteiger partial charge in [-0.25, -0.2) is 4.79 Å². The van der Waals surface area contributed by atoms with Crippen molar-refractivity contribution in [1.82, 2.24) is 5.32 Å². The van der Waals surface area contributed by atoms with Crippen molar-refractivity contribution in [3.05, 3.63) is 65.2 Å². The molecule has 0 aromatic heterocycles. The Morgan fingerprint density at radius 2 is 1.63 bits per heavy atom. The minimum absolute atomic E-state index is 0.0382. The van der Waals surface area contributed by atoms with Crippen molar-refractivity contribution in [2.45, 2.75) is 50.5 Å². The molecular weight excluding hydrogens is 446 g/mol. The number of carboxylic acid groups (broad SMARTS) is 1. The Hall–Kier alpha value is -2.90. The van der Waals surface area contributed by atoms with Gasteiger partial charge in [-0.05, 0) is 80.3 Å². The molecule has 7 heteroatoms. The monoisotopic (exact) mass is 481 g/mol. The van der Waals surface area contributed by atoms with Crippen molar-refractivity contribution in [3.8, 4) is 5.75 Å². The maximum absolute atomic E-state index is 13.6. The molecule has 0 saturated carbocycles. The molecule has 2 aromatic carbocycles. The van der Waals surface area contributed by atoms with Crippen molar-refractivity contribution >= 4 is 11.9 Å². The summed E-state index contributed by atoms with van der Waals surface area (Å²) < 4.78 is 17.0. The summed E-state index contributed by atoms with van der Waals surface area (Å²) in [6.45, 7) is 5.34. The molecule has 1 atom stereocenters. The molecule has 35 heavy (non-hydrogen) atoms. The molecule has 2 aliphatic heterocycles. The second-order valence-corrected chi connectivity index (χ2v) is 9.53. The van der Waals surface area contributed by atoms with Crippen LogP contribution in [0, 0.1) is 5.92 Å². The van der Waals surface area contributed by atoms with E-state index in [4.69, 9.17) is 19.3 Å². The van der Waals surface area contributed by atoms with E-state index in [9.17, 15) is 9.59 Å². The van der Waals surface area contributed by atoms with E-state index in [1.165, 1.54) is 0 Å². The van der Waals surface area contributed by atoms with Crippen LogP contribution in [0.4, 0.5) is 0 Å². The standard InChI is InChI=1S/C28H35NO6/c1-20(22-2-4-23(5-3-22)26(30)31)29-27(32)28(13-18-34-19-14-28)24-6-8-25(9-7-24)35-17-12-21-10-15-33-16-11-21/h2-9,20-21H,10-19H2,1H3,(H,29,32)(H,30,31). The summed E-state index contributed by atoms with van der Waals surface area (Å²) in [6.07, 6.45) is 4.44. The average Bonchev–Trinajstić information content (AvgIpc) is 2.90. The molecule has 2 fully saturated rings. The first-order chi connectivity index (χ1) is 17.0. The van der Waals surface area contributed by atoms with Gasteiger partial charge in [0, 0.05) is 26.4 Å². The third-order valence-electron chi connectivity index (χ3n) is 7.33. The first-order valence-corrected chi connectivity index (χ1v) is 12.5. The predicted molar refractivity (Wildman–Crippen MR) is 132 cm³/mol. The Bertz CT molecular complexity index is 976. The molecule has 2 heterocycles. The van der Waals surface area contributed by atoms with Crippen LogP contribution in [0.5, 0.6) is 5.75 Å². The summed E-state index contributed by atoms with van der Waals surface area (Å²) in [5.74, 6) is 0.476. The maximum atomic E-state index is 13.6. The smallest absolute Gasteiger partial charge is 0.335 e. The molecule has 0 radical (unpaired) electrons. The highest BCUT2D eigenvalue weighted by molar-refractivity contribution is 5.89. The van der Waals surface area contributed by atoms with E-state index in [1.807, 2.05) is 31.2 Å². The summed E-state index contributed by atoms with van der Waals surface area (Å²) in [5.41, 5.74) is 1.37. The zero-order chi connectivity index (χ0) is 24.7. The van der Waals surface area contributed by atoms with Crippen LogP contribution in [-0.4, -0.2) is 50.0 Å². The average molecular weight is 482 g/mol. The first-order valence-electron chi connectivity index (χ1n) is 12.5. The molecule has 2 aliphatic rings. The number of amides is 1. The van der Waals surface area contributed by atoms with E-state index in [2.05, 4.69) is 5.32 Å². The molecule has 4 rings (SSSR count). The van der Waals surface area contributed by atoms with Gasteiger partial charge in [0.25, 0.3) is 0 Å². The van der Waals surface area contributed by atoms with Gasteiger partial charge in [-0.1, -0.05) is 24.3 Å². The molecule has 2 N–H and O–H groups in total. The lowest BCUT2D eigenvalue weighted by Crippen LogP contribution is -2.48. The van der Waals surface area contributed by atoms with Gasteiger partial charge < -0.3 is 24.6 Å². The fourth-order valence-corrected chi connectivity index (χ4v) is 4.95. The lowest BCUT2D eigenvalue weighted by molar-refractivity contribution is -0.131. The molecule has 2 saturated heterocycles. The van der Waals surface area contributed by atoms with Gasteiger partial charge in [-0.2, -0.15) is 0 Å². The Kier molecular flexibility index (Phi) is 8.42. The van der Waals surface area contributed by atoms with Crippen molar-refractivity contribution in [1.29, 1.82) is 0 Å². The molecule has 188 valence electrons. The molecule has 1 unspecified atom stereocenters. The first kappa shape index (κ1) is 25.2. The number of nitrogens with one attached hydrogen (secondary N) is 1. The highest BCUT2D eigenvalue weighted by Crippen LogP contribution is 2.37. The number of rotatable bonds is 9. The van der Waals surface area contributed by atoms with Gasteiger partial charge in [-0.3, -0.25) is 4.79 Å². The molecule has 1 amide bonds. The molecular formula is C28H35NO6. The number of carbonyl (C=O) groups is 2. The van der Waals surface area contributed by atoms with E-state index in [0.29, 0.717) is 38.6 Å². The molecule has 0 bridgehead atoms. The number of ether oxygens (including phenoxy) is 3. The van der Waals surface area contributed by atoms with E-state index < -0.39 is 11.4 Å². The SMILES string of the molecule is CC(NC(=O)C1(c2ccc(OCCC3CCOCC3)cc2)CCOCC1)c1ccc(C(=O)O)cc1. The molecule has 0 aliphatic carbocycles. The number of benzene rings is 2. The zero-order valence-electron chi connectivity index (χ0n) is 20.3. The second-order valence-electron chi connectivity index (χ2n) is 9.53. The Morgan fingerprint density at radius 1 is 1.00 bits per heavy atom. The lowest BCUT2D eigenvalue weighted by Gasteiger charge is -2.37. The van der Waals surface area contributed by atoms with Crippen LogP contribution in [-0.2, 0) is 19.7 Å². The Labute approximate surface area is 206 Å². The van der Waals surface area contributed by atoms with Crippen LogP contribution in [0.25, 0.3) is 0 Å². The van der Waals surface area contributed by atoms with Crippen LogP contribution in [0.15, 0.2) is 48.5 Å². The van der Waals surface area contributed by atoms with E-state index in [0.717, 1.165) is 49.4 Å². The molecule has 0 spiro atoms. The van der Waals surface area contributed by atoms with Crippen LogP contribution >= 0.6 is 0 Å². The van der Waals surface area contributed by atoms with Gasteiger partial charge >= 0.3 is 5.97 Å². The fraction of sp³-hybridized carbons (Fsp3) is 0.500. The number of aromatic carboxylic acids is 1. The van der Waals surface area contributed by atoms with Crippen molar-refractivity contribution in [2.24, 2.45) is 5.92 Å². The normalized spacial score (nSPS) is 19.0. The van der Waals surface area contributed by atoms with Crippen molar-refractivity contribution < 1.29 is 28.9 Å². The third kappa shape index (κ3) is 6.21. The van der Waals surface area contributed by atoms with Crippen LogP contribution < -0.4 is 10.1 Å². The molecule has 7 nitrogen and oxygen atoms in total. The number of carbonyl (C=O) groups excluding carboxylic acids is 1. The number of hydrogen-bond donors (Lipinski definition) is 2. The highest BCUT2D eigenvalue weighted by Gasteiger charge is 2.42. The lowest BCUT2D eigenvalue weighted by atomic mass is 9.73. The minimum atomic E-state index is -0.967. The summed E-state index contributed by atoms with van der Waals surface area (Å²) in [7, 11) is 0. The quantitative estimate of drug-likeness (QED) is 0.548. The predicted octanol–water partition coefficient (Wildman–Crippen LogP) is 4.51. The van der Waals surface area contributed by atoms with E-state index >= 15 is 0 Å². The topological polar surface area (TPSA) is 94.1 Å². The summed E-state index contributed by atoms with van der Waals surface area (Å²) >= 11 is 0. The van der Waals surface area contributed by atoms with Crippen LogP contribution in [0.2, 0.25) is 0 Å². The van der Waals surface area contributed by atoms with Crippen molar-refractivity contribution in [2.75, 3.05) is 33.0 Å². The summed E-state index contributed by atoms with van der Waals surface area (Å²) in [4.78, 5) is 24.7.